The number of benzene rings is 3. The molecule has 0 unspecified atom stereocenters. The van der Waals surface area contributed by atoms with E-state index < -0.39 is 5.91 Å². The van der Waals surface area contributed by atoms with Crippen LogP contribution in [0.1, 0.15) is 15.9 Å². The fourth-order valence-corrected chi connectivity index (χ4v) is 3.05. The number of ether oxygens (including phenoxy) is 1. The number of nitrogens with one attached hydrogen (secondary N) is 3. The number of rotatable bonds is 5. The van der Waals surface area contributed by atoms with Gasteiger partial charge in [0, 0.05) is 17.1 Å². The molecule has 0 spiro atoms. The summed E-state index contributed by atoms with van der Waals surface area (Å²) in [4.78, 5) is 28.0. The lowest BCUT2D eigenvalue weighted by molar-refractivity contribution is -0.121. The second kappa shape index (κ2) is 8.31. The Bertz CT molecular complexity index is 1150. The van der Waals surface area contributed by atoms with Gasteiger partial charge in [0.05, 0.1) is 12.0 Å². The highest BCUT2D eigenvalue weighted by molar-refractivity contribution is 5.98. The largest absolute Gasteiger partial charge is 0.457 e. The number of carbonyl (C=O) groups excluding carboxylic acids is 2. The first-order valence-electron chi connectivity index (χ1n) is 9.17. The molecule has 0 saturated heterocycles. The van der Waals surface area contributed by atoms with Crippen LogP contribution >= 0.6 is 0 Å². The van der Waals surface area contributed by atoms with Crippen LogP contribution < -0.4 is 15.6 Å². The summed E-state index contributed by atoms with van der Waals surface area (Å²) in [7, 11) is 0. The topological polar surface area (TPSA) is 83.2 Å². The van der Waals surface area contributed by atoms with Gasteiger partial charge in [0.25, 0.3) is 5.91 Å². The molecule has 6 nitrogen and oxygen atoms in total. The maximum absolute atomic E-state index is 12.6. The summed E-state index contributed by atoms with van der Waals surface area (Å²) in [5, 5.41) is 0.982. The van der Waals surface area contributed by atoms with Gasteiger partial charge in [-0.25, -0.2) is 0 Å². The van der Waals surface area contributed by atoms with Gasteiger partial charge in [-0.15, -0.1) is 0 Å². The molecule has 0 fully saturated rings. The molecule has 1 heterocycles. The lowest BCUT2D eigenvalue weighted by atomic mass is 10.1. The lowest BCUT2D eigenvalue weighted by Crippen LogP contribution is -2.42. The first kappa shape index (κ1) is 18.3. The number of amides is 2. The number of hydrazine groups is 1. The van der Waals surface area contributed by atoms with Crippen molar-refractivity contribution in [3.05, 3.63) is 96.2 Å². The Morgan fingerprint density at radius 3 is 2.41 bits per heavy atom. The van der Waals surface area contributed by atoms with Crippen molar-refractivity contribution in [3.8, 4) is 11.5 Å². The maximum Gasteiger partial charge on any atom is 0.273 e. The van der Waals surface area contributed by atoms with Crippen LogP contribution in [0.15, 0.2) is 85.1 Å². The normalized spacial score (nSPS) is 10.5. The molecule has 0 aliphatic heterocycles. The van der Waals surface area contributed by atoms with Gasteiger partial charge in [-0.1, -0.05) is 48.5 Å². The third-order valence-corrected chi connectivity index (χ3v) is 4.44. The Morgan fingerprint density at radius 1 is 0.828 bits per heavy atom. The molecular formula is C23H19N3O3. The van der Waals surface area contributed by atoms with Gasteiger partial charge in [0.1, 0.15) is 11.5 Å². The number of aromatic amines is 1. The Hall–Kier alpha value is -4.06. The van der Waals surface area contributed by atoms with E-state index in [1.54, 1.807) is 42.6 Å². The highest BCUT2D eigenvalue weighted by atomic mass is 16.5. The smallest absolute Gasteiger partial charge is 0.273 e. The van der Waals surface area contributed by atoms with E-state index in [9.17, 15) is 9.59 Å². The van der Waals surface area contributed by atoms with Crippen LogP contribution in [0, 0.1) is 0 Å². The van der Waals surface area contributed by atoms with E-state index in [2.05, 4.69) is 15.8 Å². The number of aromatic nitrogens is 1. The summed E-state index contributed by atoms with van der Waals surface area (Å²) < 4.78 is 5.79. The van der Waals surface area contributed by atoms with Gasteiger partial charge < -0.3 is 9.72 Å². The van der Waals surface area contributed by atoms with E-state index in [-0.39, 0.29) is 12.3 Å². The zero-order chi connectivity index (χ0) is 20.1. The van der Waals surface area contributed by atoms with Crippen LogP contribution in [0.5, 0.6) is 11.5 Å². The van der Waals surface area contributed by atoms with Crippen molar-refractivity contribution in [1.29, 1.82) is 0 Å². The zero-order valence-electron chi connectivity index (χ0n) is 15.5. The molecule has 4 rings (SSSR count). The number of fused-ring (bicyclic) bond motifs is 1. The van der Waals surface area contributed by atoms with Crippen LogP contribution in [0.2, 0.25) is 0 Å². The lowest BCUT2D eigenvalue weighted by Gasteiger charge is -2.12. The van der Waals surface area contributed by atoms with Gasteiger partial charge in [-0.05, 0) is 35.9 Å². The average molecular weight is 385 g/mol. The molecule has 3 aromatic carbocycles. The van der Waals surface area contributed by atoms with Crippen molar-refractivity contribution in [2.75, 3.05) is 0 Å². The first-order chi connectivity index (χ1) is 14.2. The van der Waals surface area contributed by atoms with E-state index in [0.717, 1.165) is 16.5 Å². The summed E-state index contributed by atoms with van der Waals surface area (Å²) in [5.74, 6) is 0.256. The Labute approximate surface area is 167 Å². The van der Waals surface area contributed by atoms with Crippen molar-refractivity contribution in [2.24, 2.45) is 0 Å². The van der Waals surface area contributed by atoms with Crippen LogP contribution in [0.3, 0.4) is 0 Å². The minimum Gasteiger partial charge on any atom is -0.457 e. The van der Waals surface area contributed by atoms with Gasteiger partial charge in [0.2, 0.25) is 5.91 Å². The molecule has 4 aromatic rings. The number of hydrogen-bond acceptors (Lipinski definition) is 3. The average Bonchev–Trinajstić information content (AvgIpc) is 3.16. The van der Waals surface area contributed by atoms with Crippen molar-refractivity contribution < 1.29 is 14.3 Å². The fourth-order valence-electron chi connectivity index (χ4n) is 3.05. The Balaban J connectivity index is 1.40. The fraction of sp³-hybridized carbons (Fsp3) is 0.0435. The molecule has 2 amide bonds. The first-order valence-corrected chi connectivity index (χ1v) is 9.17. The molecule has 1 aromatic heterocycles. The predicted octanol–water partition coefficient (Wildman–Crippen LogP) is 3.96. The molecule has 3 N–H and O–H groups in total. The predicted molar refractivity (Wildman–Crippen MR) is 111 cm³/mol. The Kier molecular flexibility index (Phi) is 5.25. The number of para-hydroxylation sites is 3. The second-order valence-electron chi connectivity index (χ2n) is 6.45. The van der Waals surface area contributed by atoms with Gasteiger partial charge in [-0.3, -0.25) is 20.4 Å². The van der Waals surface area contributed by atoms with Crippen molar-refractivity contribution in [1.82, 2.24) is 15.8 Å². The molecule has 0 aliphatic carbocycles. The van der Waals surface area contributed by atoms with E-state index in [4.69, 9.17) is 4.74 Å². The summed E-state index contributed by atoms with van der Waals surface area (Å²) in [6.07, 6.45) is 1.95. The molecule has 144 valence electrons. The number of carbonyl (C=O) groups is 2. The summed E-state index contributed by atoms with van der Waals surface area (Å²) in [5.41, 5.74) is 7.07. The SMILES string of the molecule is O=C(Cc1c[nH]c2ccccc12)NNC(=O)c1ccccc1Oc1ccccc1. The molecule has 0 aliphatic rings. The molecule has 0 bridgehead atoms. The summed E-state index contributed by atoms with van der Waals surface area (Å²) >= 11 is 0. The Morgan fingerprint density at radius 2 is 1.55 bits per heavy atom. The quantitative estimate of drug-likeness (QED) is 0.455. The van der Waals surface area contributed by atoms with E-state index in [1.807, 2.05) is 42.5 Å². The molecule has 0 atom stereocenters. The maximum atomic E-state index is 12.6. The molecule has 29 heavy (non-hydrogen) atoms. The minimum absolute atomic E-state index is 0.145. The van der Waals surface area contributed by atoms with E-state index in [1.165, 1.54) is 0 Å². The van der Waals surface area contributed by atoms with Gasteiger partial charge in [-0.2, -0.15) is 0 Å². The molecule has 6 heteroatoms. The molecule has 0 radical (unpaired) electrons. The van der Waals surface area contributed by atoms with Gasteiger partial charge in [0.15, 0.2) is 0 Å². The van der Waals surface area contributed by atoms with Crippen LogP contribution in [-0.2, 0) is 11.2 Å². The highest BCUT2D eigenvalue weighted by Gasteiger charge is 2.14. The second-order valence-corrected chi connectivity index (χ2v) is 6.45. The highest BCUT2D eigenvalue weighted by Crippen LogP contribution is 2.24. The van der Waals surface area contributed by atoms with Crippen molar-refractivity contribution in [3.63, 3.8) is 0 Å². The third-order valence-electron chi connectivity index (χ3n) is 4.44. The van der Waals surface area contributed by atoms with Crippen LogP contribution in [0.4, 0.5) is 0 Å². The standard InChI is InChI=1S/C23H19N3O3/c27-22(14-16-15-24-20-12-6-4-10-18(16)20)25-26-23(28)19-11-5-7-13-21(19)29-17-8-2-1-3-9-17/h1-13,15,24H,14H2,(H,25,27)(H,26,28). The van der Waals surface area contributed by atoms with Crippen molar-refractivity contribution in [2.45, 2.75) is 6.42 Å². The molecule has 0 saturated carbocycles. The zero-order valence-corrected chi connectivity index (χ0v) is 15.5. The minimum atomic E-state index is -0.455. The van der Waals surface area contributed by atoms with Crippen LogP contribution in [0.25, 0.3) is 10.9 Å². The van der Waals surface area contributed by atoms with E-state index >= 15 is 0 Å². The monoisotopic (exact) mass is 385 g/mol. The summed E-state index contributed by atoms with van der Waals surface area (Å²) in [6.45, 7) is 0. The number of H-pyrrole nitrogens is 1. The molecular weight excluding hydrogens is 366 g/mol. The van der Waals surface area contributed by atoms with E-state index in [0.29, 0.717) is 17.1 Å². The van der Waals surface area contributed by atoms with Crippen molar-refractivity contribution >= 4 is 22.7 Å². The summed E-state index contributed by atoms with van der Waals surface area (Å²) in [6, 6.07) is 23.8. The number of hydrogen-bond donors (Lipinski definition) is 3. The van der Waals surface area contributed by atoms with Gasteiger partial charge >= 0.3 is 0 Å². The van der Waals surface area contributed by atoms with Crippen LogP contribution in [-0.4, -0.2) is 16.8 Å². The third kappa shape index (κ3) is 4.27.